The molecule has 6 rings (SSSR count). The number of rotatable bonds is 7. The molecule has 5 aromatic rings. The molecule has 7 nitrogen and oxygen atoms in total. The van der Waals surface area contributed by atoms with E-state index in [-0.39, 0.29) is 11.5 Å². The second-order valence-electron chi connectivity index (χ2n) is 9.01. The lowest BCUT2D eigenvalue weighted by molar-refractivity contribution is -0.113. The molecule has 0 saturated carbocycles. The van der Waals surface area contributed by atoms with Crippen LogP contribution in [0.25, 0.3) is 21.9 Å². The van der Waals surface area contributed by atoms with Gasteiger partial charge in [-0.05, 0) is 54.4 Å². The minimum Gasteiger partial charge on any atom is -0.494 e. The first kappa shape index (κ1) is 24.5. The Morgan fingerprint density at radius 2 is 1.79 bits per heavy atom. The van der Waals surface area contributed by atoms with Crippen molar-refractivity contribution < 1.29 is 9.53 Å². The van der Waals surface area contributed by atoms with Crippen LogP contribution >= 0.6 is 27.3 Å². The fraction of sp³-hybridized carbons (Fsp3) is 0.172. The number of hydrogen-bond acceptors (Lipinski definition) is 6. The number of unbranched alkanes of at least 4 members (excludes halogenated alkanes) is 1. The molecule has 0 unspecified atom stereocenters. The van der Waals surface area contributed by atoms with E-state index in [4.69, 9.17) is 4.74 Å². The lowest BCUT2D eigenvalue weighted by atomic mass is 10.1. The van der Waals surface area contributed by atoms with Gasteiger partial charge < -0.3 is 9.64 Å². The Kier molecular flexibility index (Phi) is 6.55. The number of halogens is 1. The Hall–Kier alpha value is -3.82. The first-order valence-corrected chi connectivity index (χ1v) is 14.0. The summed E-state index contributed by atoms with van der Waals surface area (Å²) in [6, 6.07) is 23.0. The summed E-state index contributed by atoms with van der Waals surface area (Å²) in [6.07, 6.45) is 2.08. The molecule has 0 aliphatic carbocycles. The largest absolute Gasteiger partial charge is 0.494 e. The van der Waals surface area contributed by atoms with E-state index in [9.17, 15) is 9.59 Å². The summed E-state index contributed by atoms with van der Waals surface area (Å²) in [5, 5.41) is 4.48. The number of carbonyl (C=O) groups is 1. The van der Waals surface area contributed by atoms with Crippen LogP contribution in [0.2, 0.25) is 0 Å². The first-order chi connectivity index (χ1) is 18.5. The molecule has 0 saturated heterocycles. The third kappa shape index (κ3) is 4.41. The van der Waals surface area contributed by atoms with E-state index in [0.717, 1.165) is 45.4 Å². The van der Waals surface area contributed by atoms with Gasteiger partial charge in [0.2, 0.25) is 4.96 Å². The van der Waals surface area contributed by atoms with Gasteiger partial charge in [0, 0.05) is 15.6 Å². The zero-order chi connectivity index (χ0) is 26.2. The molecule has 0 N–H and O–H groups in total. The molecular weight excluding hydrogens is 564 g/mol. The van der Waals surface area contributed by atoms with Gasteiger partial charge in [0.05, 0.1) is 24.4 Å². The quantitative estimate of drug-likeness (QED) is 0.244. The zero-order valence-corrected chi connectivity index (χ0v) is 23.0. The standard InChI is InChI=1S/C29H23BrN4O3S/c1-2-3-15-37-21-12-9-19(10-13-21)26-31-29-34(32-26)28(36)25(38-29)24-22-16-20(30)11-14-23(22)33(27(24)35)17-18-7-5-4-6-8-18/h4-14,16H,2-3,15,17H2,1H3. The number of benzene rings is 3. The van der Waals surface area contributed by atoms with Crippen LogP contribution in [0.3, 0.4) is 0 Å². The molecule has 38 heavy (non-hydrogen) atoms. The molecule has 0 atom stereocenters. The van der Waals surface area contributed by atoms with Gasteiger partial charge in [-0.2, -0.15) is 9.50 Å². The van der Waals surface area contributed by atoms with Gasteiger partial charge in [-0.15, -0.1) is 5.10 Å². The van der Waals surface area contributed by atoms with Gasteiger partial charge in [-0.3, -0.25) is 9.59 Å². The average molecular weight is 587 g/mol. The van der Waals surface area contributed by atoms with Crippen LogP contribution in [0, 0.1) is 0 Å². The predicted molar refractivity (Wildman–Crippen MR) is 152 cm³/mol. The third-order valence-electron chi connectivity index (χ3n) is 6.42. The molecule has 9 heteroatoms. The van der Waals surface area contributed by atoms with E-state index in [2.05, 4.69) is 32.9 Å². The van der Waals surface area contributed by atoms with Gasteiger partial charge in [0.1, 0.15) is 10.3 Å². The number of nitrogens with zero attached hydrogens (tertiary/aromatic N) is 4. The maximum Gasteiger partial charge on any atom is 0.291 e. The molecule has 1 aliphatic heterocycles. The van der Waals surface area contributed by atoms with Crippen molar-refractivity contribution in [3.63, 3.8) is 0 Å². The van der Waals surface area contributed by atoms with Crippen LogP contribution in [0.15, 0.2) is 82.1 Å². The van der Waals surface area contributed by atoms with Crippen molar-refractivity contribution >= 4 is 49.4 Å². The van der Waals surface area contributed by atoms with Crippen LogP contribution in [-0.4, -0.2) is 27.1 Å². The second-order valence-corrected chi connectivity index (χ2v) is 10.9. The van der Waals surface area contributed by atoms with E-state index in [0.29, 0.717) is 34.0 Å². The van der Waals surface area contributed by atoms with E-state index in [1.807, 2.05) is 72.8 Å². The van der Waals surface area contributed by atoms with Gasteiger partial charge in [0.25, 0.3) is 11.5 Å². The smallest absolute Gasteiger partial charge is 0.291 e. The molecule has 0 radical (unpaired) electrons. The monoisotopic (exact) mass is 586 g/mol. The molecule has 1 aliphatic rings. The van der Waals surface area contributed by atoms with Crippen molar-refractivity contribution in [1.82, 2.24) is 14.6 Å². The minimum absolute atomic E-state index is 0.206. The number of amides is 1. The maximum atomic E-state index is 13.7. The summed E-state index contributed by atoms with van der Waals surface area (Å²) in [5.74, 6) is 1.04. The van der Waals surface area contributed by atoms with Crippen LogP contribution < -0.4 is 19.7 Å². The molecule has 3 heterocycles. The highest BCUT2D eigenvalue weighted by atomic mass is 79.9. The van der Waals surface area contributed by atoms with E-state index in [1.165, 1.54) is 15.9 Å². The van der Waals surface area contributed by atoms with Gasteiger partial charge in [0.15, 0.2) is 5.82 Å². The number of anilines is 1. The summed E-state index contributed by atoms with van der Waals surface area (Å²) in [7, 11) is 0. The molecule has 0 fully saturated rings. The Balaban J connectivity index is 1.39. The summed E-state index contributed by atoms with van der Waals surface area (Å²) in [5.41, 5.74) is 3.33. The van der Waals surface area contributed by atoms with Crippen LogP contribution in [0.5, 0.6) is 5.75 Å². The summed E-state index contributed by atoms with van der Waals surface area (Å²) >= 11 is 4.71. The van der Waals surface area contributed by atoms with Crippen LogP contribution in [0.4, 0.5) is 5.69 Å². The van der Waals surface area contributed by atoms with Gasteiger partial charge in [-0.25, -0.2) is 0 Å². The fourth-order valence-corrected chi connectivity index (χ4v) is 5.85. The molecule has 0 spiro atoms. The molecule has 190 valence electrons. The maximum absolute atomic E-state index is 13.7. The van der Waals surface area contributed by atoms with E-state index < -0.39 is 0 Å². The van der Waals surface area contributed by atoms with Crippen LogP contribution in [0.1, 0.15) is 30.9 Å². The third-order valence-corrected chi connectivity index (χ3v) is 7.95. The van der Waals surface area contributed by atoms with Crippen molar-refractivity contribution in [2.45, 2.75) is 26.3 Å². The average Bonchev–Trinajstić information content (AvgIpc) is 3.56. The second kappa shape index (κ2) is 10.2. The first-order valence-electron chi connectivity index (χ1n) is 12.4. The molecule has 3 aromatic carbocycles. The highest BCUT2D eigenvalue weighted by molar-refractivity contribution is 9.10. The van der Waals surface area contributed by atoms with Crippen molar-refractivity contribution in [3.8, 4) is 17.1 Å². The molecule has 1 amide bonds. The highest BCUT2D eigenvalue weighted by Gasteiger charge is 2.34. The Morgan fingerprint density at radius 1 is 1.00 bits per heavy atom. The van der Waals surface area contributed by atoms with Gasteiger partial charge >= 0.3 is 0 Å². The van der Waals surface area contributed by atoms with Crippen molar-refractivity contribution in [3.05, 3.63) is 103 Å². The summed E-state index contributed by atoms with van der Waals surface area (Å²) in [6.45, 7) is 3.21. The molecule has 0 bridgehead atoms. The van der Waals surface area contributed by atoms with Crippen molar-refractivity contribution in [2.24, 2.45) is 0 Å². The number of thiazole rings is 1. The number of aromatic nitrogens is 3. The molecular formula is C29H23BrN4O3S. The normalized spacial score (nSPS) is 14.4. The molecule has 2 aromatic heterocycles. The summed E-state index contributed by atoms with van der Waals surface area (Å²) < 4.78 is 8.19. The zero-order valence-electron chi connectivity index (χ0n) is 20.6. The lowest BCUT2D eigenvalue weighted by Gasteiger charge is -2.17. The number of hydrogen-bond donors (Lipinski definition) is 0. The Bertz CT molecular complexity index is 1760. The lowest BCUT2D eigenvalue weighted by Crippen LogP contribution is -2.32. The predicted octanol–water partition coefficient (Wildman–Crippen LogP) is 5.22. The minimum atomic E-state index is -0.348. The van der Waals surface area contributed by atoms with E-state index >= 15 is 0 Å². The Labute approximate surface area is 231 Å². The van der Waals surface area contributed by atoms with Crippen molar-refractivity contribution in [2.75, 3.05) is 11.5 Å². The number of fused-ring (bicyclic) bond motifs is 2. The highest BCUT2D eigenvalue weighted by Crippen LogP contribution is 2.38. The summed E-state index contributed by atoms with van der Waals surface area (Å²) in [4.78, 5) is 34.0. The van der Waals surface area contributed by atoms with Crippen LogP contribution in [-0.2, 0) is 11.3 Å². The number of ether oxygens (including phenoxy) is 1. The van der Waals surface area contributed by atoms with Crippen molar-refractivity contribution in [1.29, 1.82) is 0 Å². The SMILES string of the molecule is CCCCOc1ccc(-c2nc3sc(=C4C(=O)N(Cc5ccccc5)c5ccc(Br)cc54)c(=O)n3n2)cc1. The Morgan fingerprint density at radius 3 is 2.53 bits per heavy atom. The van der Waals surface area contributed by atoms with Gasteiger partial charge in [-0.1, -0.05) is 70.9 Å². The topological polar surface area (TPSA) is 76.8 Å². The number of carbonyl (C=O) groups excluding carboxylic acids is 1. The van der Waals surface area contributed by atoms with E-state index in [1.54, 1.807) is 4.90 Å². The fourth-order valence-electron chi connectivity index (χ4n) is 4.49.